The highest BCUT2D eigenvalue weighted by Gasteiger charge is 2.08. The molecule has 0 atom stereocenters. The zero-order chi connectivity index (χ0) is 8.01. The van der Waals surface area contributed by atoms with Crippen LogP contribution in [0.5, 0.6) is 0 Å². The SMILES string of the molecule is Cc1c(N)c2sccc2n1C. The number of fused-ring (bicyclic) bond motifs is 1. The molecule has 0 fully saturated rings. The van der Waals surface area contributed by atoms with E-state index in [1.54, 1.807) is 11.3 Å². The molecule has 0 aromatic carbocycles. The fourth-order valence-electron chi connectivity index (χ4n) is 1.29. The van der Waals surface area contributed by atoms with Gasteiger partial charge in [-0.2, -0.15) is 0 Å². The van der Waals surface area contributed by atoms with Crippen molar-refractivity contribution < 1.29 is 0 Å². The second kappa shape index (κ2) is 2.01. The Balaban J connectivity index is 3.00. The summed E-state index contributed by atoms with van der Waals surface area (Å²) >= 11 is 1.70. The van der Waals surface area contributed by atoms with Crippen LogP contribution in [0.2, 0.25) is 0 Å². The minimum atomic E-state index is 0.928. The third kappa shape index (κ3) is 0.715. The molecule has 0 radical (unpaired) electrons. The minimum absolute atomic E-state index is 0.928. The number of nitrogens with zero attached hydrogens (tertiary/aromatic N) is 1. The van der Waals surface area contributed by atoms with E-state index in [9.17, 15) is 0 Å². The normalized spacial score (nSPS) is 11.1. The van der Waals surface area contributed by atoms with Crippen molar-refractivity contribution in [2.45, 2.75) is 6.92 Å². The van der Waals surface area contributed by atoms with Gasteiger partial charge in [-0.1, -0.05) is 0 Å². The largest absolute Gasteiger partial charge is 0.396 e. The van der Waals surface area contributed by atoms with Crippen molar-refractivity contribution in [3.8, 4) is 0 Å². The van der Waals surface area contributed by atoms with E-state index in [2.05, 4.69) is 16.0 Å². The zero-order valence-corrected chi connectivity index (χ0v) is 7.40. The first-order valence-electron chi connectivity index (χ1n) is 3.49. The molecule has 11 heavy (non-hydrogen) atoms. The van der Waals surface area contributed by atoms with Crippen molar-refractivity contribution >= 4 is 27.2 Å². The van der Waals surface area contributed by atoms with Crippen molar-refractivity contribution in [3.05, 3.63) is 17.1 Å². The van der Waals surface area contributed by atoms with E-state index in [-0.39, 0.29) is 0 Å². The van der Waals surface area contributed by atoms with Gasteiger partial charge in [0.2, 0.25) is 0 Å². The number of aryl methyl sites for hydroxylation is 1. The Morgan fingerprint density at radius 2 is 2.27 bits per heavy atom. The first kappa shape index (κ1) is 6.73. The second-order valence-corrected chi connectivity index (χ2v) is 3.61. The third-order valence-corrected chi connectivity index (χ3v) is 3.08. The first-order valence-corrected chi connectivity index (χ1v) is 4.37. The van der Waals surface area contributed by atoms with Crippen LogP contribution >= 0.6 is 11.3 Å². The molecule has 0 unspecified atom stereocenters. The summed E-state index contributed by atoms with van der Waals surface area (Å²) < 4.78 is 3.34. The molecule has 0 spiro atoms. The van der Waals surface area contributed by atoms with Gasteiger partial charge in [0.15, 0.2) is 0 Å². The van der Waals surface area contributed by atoms with Crippen molar-refractivity contribution in [3.63, 3.8) is 0 Å². The van der Waals surface area contributed by atoms with E-state index in [1.807, 2.05) is 14.0 Å². The number of thiophene rings is 1. The van der Waals surface area contributed by atoms with Gasteiger partial charge in [0.05, 0.1) is 15.9 Å². The van der Waals surface area contributed by atoms with Crippen LogP contribution in [0, 0.1) is 6.92 Å². The van der Waals surface area contributed by atoms with Gasteiger partial charge in [-0.05, 0) is 18.4 Å². The summed E-state index contributed by atoms with van der Waals surface area (Å²) in [7, 11) is 2.04. The third-order valence-electron chi connectivity index (χ3n) is 2.14. The summed E-state index contributed by atoms with van der Waals surface area (Å²) in [5.41, 5.74) is 9.20. The lowest BCUT2D eigenvalue weighted by molar-refractivity contribution is 0.921. The van der Waals surface area contributed by atoms with E-state index in [4.69, 9.17) is 5.73 Å². The molecule has 2 aromatic heterocycles. The summed E-state index contributed by atoms with van der Waals surface area (Å²) in [4.78, 5) is 0. The van der Waals surface area contributed by atoms with Gasteiger partial charge in [-0.25, -0.2) is 0 Å². The maximum atomic E-state index is 5.87. The average molecular weight is 166 g/mol. The van der Waals surface area contributed by atoms with Crippen molar-refractivity contribution in [1.82, 2.24) is 4.57 Å². The zero-order valence-electron chi connectivity index (χ0n) is 6.59. The number of hydrogen-bond donors (Lipinski definition) is 1. The van der Waals surface area contributed by atoms with Crippen LogP contribution in [0.15, 0.2) is 11.4 Å². The standard InChI is InChI=1S/C8H10N2S/c1-5-7(9)8-6(10(5)2)3-4-11-8/h3-4H,9H2,1-2H3. The van der Waals surface area contributed by atoms with E-state index in [0.29, 0.717) is 0 Å². The summed E-state index contributed by atoms with van der Waals surface area (Å²) in [5.74, 6) is 0. The van der Waals surface area contributed by atoms with Gasteiger partial charge < -0.3 is 10.3 Å². The molecule has 0 bridgehead atoms. The molecule has 2 N–H and O–H groups in total. The van der Waals surface area contributed by atoms with Gasteiger partial charge in [-0.3, -0.25) is 0 Å². The van der Waals surface area contributed by atoms with Crippen LogP contribution in [0.1, 0.15) is 5.69 Å². The van der Waals surface area contributed by atoms with Gasteiger partial charge in [0.25, 0.3) is 0 Å². The highest BCUT2D eigenvalue weighted by molar-refractivity contribution is 7.17. The van der Waals surface area contributed by atoms with Crippen molar-refractivity contribution in [1.29, 1.82) is 0 Å². The lowest BCUT2D eigenvalue weighted by Gasteiger charge is -1.95. The monoisotopic (exact) mass is 166 g/mol. The Labute approximate surface area is 69.2 Å². The van der Waals surface area contributed by atoms with Crippen molar-refractivity contribution in [2.24, 2.45) is 7.05 Å². The molecule has 2 rings (SSSR count). The molecule has 58 valence electrons. The molecule has 2 heterocycles. The van der Waals surface area contributed by atoms with Gasteiger partial charge in [0.1, 0.15) is 0 Å². The van der Waals surface area contributed by atoms with Crippen LogP contribution in [0.25, 0.3) is 10.2 Å². The lowest BCUT2D eigenvalue weighted by Crippen LogP contribution is -1.92. The summed E-state index contributed by atoms with van der Waals surface area (Å²) in [5, 5.41) is 2.07. The average Bonchev–Trinajstić information content (AvgIpc) is 2.53. The molecule has 0 aliphatic heterocycles. The fourth-order valence-corrected chi connectivity index (χ4v) is 2.23. The lowest BCUT2D eigenvalue weighted by atomic mass is 10.4. The summed E-state index contributed by atoms with van der Waals surface area (Å²) in [6, 6.07) is 2.10. The number of aromatic nitrogens is 1. The molecule has 2 nitrogen and oxygen atoms in total. The Bertz CT molecular complexity index is 363. The maximum Gasteiger partial charge on any atom is 0.0754 e. The number of nitrogens with two attached hydrogens (primary N) is 1. The second-order valence-electron chi connectivity index (χ2n) is 2.69. The number of nitrogen functional groups attached to an aromatic ring is 1. The summed E-state index contributed by atoms with van der Waals surface area (Å²) in [6.45, 7) is 2.04. The Kier molecular flexibility index (Phi) is 1.23. The Morgan fingerprint density at radius 3 is 2.91 bits per heavy atom. The highest BCUT2D eigenvalue weighted by atomic mass is 32.1. The highest BCUT2D eigenvalue weighted by Crippen LogP contribution is 2.31. The predicted molar refractivity (Wildman–Crippen MR) is 49.9 cm³/mol. The van der Waals surface area contributed by atoms with Gasteiger partial charge in [-0.15, -0.1) is 11.3 Å². The van der Waals surface area contributed by atoms with Crippen LogP contribution in [0.3, 0.4) is 0 Å². The van der Waals surface area contributed by atoms with Crippen LogP contribution in [0.4, 0.5) is 5.69 Å². The molecular weight excluding hydrogens is 156 g/mol. The molecule has 0 aliphatic carbocycles. The molecule has 0 saturated carbocycles. The number of rotatable bonds is 0. The molecule has 0 amide bonds. The van der Waals surface area contributed by atoms with Crippen LogP contribution in [-0.4, -0.2) is 4.57 Å². The molecule has 3 heteroatoms. The maximum absolute atomic E-state index is 5.87. The fraction of sp³-hybridized carbons (Fsp3) is 0.250. The van der Waals surface area contributed by atoms with Crippen LogP contribution < -0.4 is 5.73 Å². The molecule has 0 saturated heterocycles. The van der Waals surface area contributed by atoms with Crippen LogP contribution in [-0.2, 0) is 7.05 Å². The van der Waals surface area contributed by atoms with E-state index in [1.165, 1.54) is 10.2 Å². The minimum Gasteiger partial charge on any atom is -0.396 e. The quantitative estimate of drug-likeness (QED) is 0.638. The summed E-state index contributed by atoms with van der Waals surface area (Å²) in [6.07, 6.45) is 0. The Morgan fingerprint density at radius 1 is 1.55 bits per heavy atom. The number of anilines is 1. The Hall–Kier alpha value is -0.960. The molecule has 2 aromatic rings. The first-order chi connectivity index (χ1) is 5.22. The smallest absolute Gasteiger partial charge is 0.0754 e. The topological polar surface area (TPSA) is 30.9 Å². The molecule has 0 aliphatic rings. The van der Waals surface area contributed by atoms with E-state index >= 15 is 0 Å². The van der Waals surface area contributed by atoms with E-state index < -0.39 is 0 Å². The molecular formula is C8H10N2S. The van der Waals surface area contributed by atoms with Gasteiger partial charge in [0, 0.05) is 12.7 Å². The van der Waals surface area contributed by atoms with E-state index in [0.717, 1.165) is 11.4 Å². The predicted octanol–water partition coefficient (Wildman–Crippen LogP) is 2.13. The number of hydrogen-bond acceptors (Lipinski definition) is 2. The van der Waals surface area contributed by atoms with Crippen molar-refractivity contribution in [2.75, 3.05) is 5.73 Å². The van der Waals surface area contributed by atoms with Gasteiger partial charge >= 0.3 is 0 Å².